The summed E-state index contributed by atoms with van der Waals surface area (Å²) in [6.45, 7) is 5.46. The Bertz CT molecular complexity index is 631. The van der Waals surface area contributed by atoms with Crippen molar-refractivity contribution in [3.8, 4) is 0 Å². The number of carbonyl (C=O) groups is 4. The van der Waals surface area contributed by atoms with Gasteiger partial charge in [-0.3, -0.25) is 9.59 Å². The predicted octanol–water partition coefficient (Wildman–Crippen LogP) is -0.743. The number of methoxy groups -OCH3 is 2. The minimum Gasteiger partial charge on any atom is -0.632 e. The lowest BCUT2D eigenvalue weighted by molar-refractivity contribution is -0.982. The number of hydrogen-bond acceptors (Lipinski definition) is 8. The van der Waals surface area contributed by atoms with Crippen LogP contribution in [0.2, 0.25) is 0 Å². The molecule has 1 fully saturated rings. The van der Waals surface area contributed by atoms with Crippen LogP contribution in [-0.2, 0) is 28.7 Å². The Balaban J connectivity index is 2.65. The molecule has 0 bridgehead atoms. The second kappa shape index (κ2) is 11.5. The molecule has 1 saturated heterocycles. The fourth-order valence-electron chi connectivity index (χ4n) is 3.48. The average molecular weight is 461 g/mol. The summed E-state index contributed by atoms with van der Waals surface area (Å²) in [6, 6.07) is -1.74. The molecule has 1 rings (SSSR count). The summed E-state index contributed by atoms with van der Waals surface area (Å²) in [5.41, 5.74) is 0. The van der Waals surface area contributed by atoms with Gasteiger partial charge in [0.05, 0.1) is 14.2 Å². The van der Waals surface area contributed by atoms with Crippen LogP contribution in [0.3, 0.4) is 0 Å². The van der Waals surface area contributed by atoms with E-state index in [2.05, 4.69) is 20.1 Å². The van der Waals surface area contributed by atoms with Crippen LogP contribution >= 0.6 is 0 Å². The highest BCUT2D eigenvalue weighted by molar-refractivity contribution is 5.85. The number of esters is 2. The van der Waals surface area contributed by atoms with E-state index in [1.54, 1.807) is 27.7 Å². The van der Waals surface area contributed by atoms with E-state index in [0.717, 1.165) is 0 Å². The number of carbonyl (C=O) groups excluding carboxylic acids is 4. The van der Waals surface area contributed by atoms with Gasteiger partial charge in [-0.05, 0) is 11.8 Å². The van der Waals surface area contributed by atoms with Crippen molar-refractivity contribution in [2.75, 3.05) is 53.5 Å². The molecule has 0 aliphatic carbocycles. The molecule has 12 heteroatoms. The summed E-state index contributed by atoms with van der Waals surface area (Å²) in [5.74, 6) is -2.86. The fraction of sp³-hybridized carbons (Fsp3) is 0.800. The third-order valence-electron chi connectivity index (χ3n) is 5.57. The minimum atomic E-state index is -0.918. The van der Waals surface area contributed by atoms with Crippen LogP contribution in [0.5, 0.6) is 0 Å². The fourth-order valence-corrected chi connectivity index (χ4v) is 3.48. The standard InChI is InChI=1S/C20H36N4O8/c1-13(2)17(19(27)31-5)21-15(25)11-23(29)7-9-24(30,10-8-23)12-16(26)22-18(14(3)4)20(28)32-6/h13-14,17-18H,7-12H2,1-6H3,(H,21,25)(H,22,26)/t17-,18-,23?,24?/m0/s1. The average Bonchev–Trinajstić information content (AvgIpc) is 2.71. The lowest BCUT2D eigenvalue weighted by Crippen LogP contribution is -2.66. The van der Waals surface area contributed by atoms with E-state index in [9.17, 15) is 29.6 Å². The Morgan fingerprint density at radius 2 is 1.00 bits per heavy atom. The number of hydrogen-bond donors (Lipinski definition) is 2. The molecule has 1 heterocycles. The quantitative estimate of drug-likeness (QED) is 0.245. The smallest absolute Gasteiger partial charge is 0.328 e. The molecule has 0 aromatic carbocycles. The zero-order valence-electron chi connectivity index (χ0n) is 19.7. The first-order valence-electron chi connectivity index (χ1n) is 10.6. The van der Waals surface area contributed by atoms with Crippen LogP contribution in [0.1, 0.15) is 27.7 Å². The van der Waals surface area contributed by atoms with Crippen LogP contribution in [-0.4, -0.2) is 98.6 Å². The van der Waals surface area contributed by atoms with Crippen molar-refractivity contribution in [1.29, 1.82) is 0 Å². The number of hydroxylamine groups is 6. The highest BCUT2D eigenvalue weighted by Gasteiger charge is 2.37. The van der Waals surface area contributed by atoms with Gasteiger partial charge in [0.25, 0.3) is 11.8 Å². The second-order valence-corrected chi connectivity index (χ2v) is 8.95. The Labute approximate surface area is 188 Å². The summed E-state index contributed by atoms with van der Waals surface area (Å²) >= 11 is 0. The largest absolute Gasteiger partial charge is 0.632 e. The summed E-state index contributed by atoms with van der Waals surface area (Å²) < 4.78 is 7.50. The van der Waals surface area contributed by atoms with E-state index in [1.807, 2.05) is 0 Å². The molecule has 1 aliphatic heterocycles. The molecule has 184 valence electrons. The monoisotopic (exact) mass is 460 g/mol. The number of amides is 2. The Kier molecular flexibility index (Phi) is 10.0. The lowest BCUT2D eigenvalue weighted by atomic mass is 10.0. The molecule has 2 atom stereocenters. The van der Waals surface area contributed by atoms with Crippen molar-refractivity contribution >= 4 is 23.8 Å². The van der Waals surface area contributed by atoms with Gasteiger partial charge in [-0.15, -0.1) is 0 Å². The highest BCUT2D eigenvalue weighted by Crippen LogP contribution is 2.18. The van der Waals surface area contributed by atoms with Crippen molar-refractivity contribution in [3.63, 3.8) is 0 Å². The maximum absolute atomic E-state index is 12.9. The van der Waals surface area contributed by atoms with Gasteiger partial charge >= 0.3 is 11.9 Å². The minimum absolute atomic E-state index is 0.153. The number of nitrogens with one attached hydrogen (secondary N) is 2. The Hall–Kier alpha value is -2.28. The maximum Gasteiger partial charge on any atom is 0.328 e. The molecule has 2 N–H and O–H groups in total. The number of ether oxygens (including phenoxy) is 2. The lowest BCUT2D eigenvalue weighted by Gasteiger charge is -2.53. The van der Waals surface area contributed by atoms with Gasteiger partial charge in [-0.25, -0.2) is 9.59 Å². The third-order valence-corrected chi connectivity index (χ3v) is 5.57. The predicted molar refractivity (Wildman–Crippen MR) is 114 cm³/mol. The summed E-state index contributed by atoms with van der Waals surface area (Å²) in [5, 5.41) is 30.9. The molecular formula is C20H36N4O8. The maximum atomic E-state index is 12.9. The van der Waals surface area contributed by atoms with Gasteiger partial charge < -0.3 is 39.8 Å². The molecule has 0 saturated carbocycles. The van der Waals surface area contributed by atoms with Crippen LogP contribution in [0, 0.1) is 22.3 Å². The summed E-state index contributed by atoms with van der Waals surface area (Å²) in [4.78, 5) is 48.3. The molecule has 0 radical (unpaired) electrons. The molecule has 12 nitrogen and oxygen atoms in total. The summed E-state index contributed by atoms with van der Waals surface area (Å²) in [6.07, 6.45) is 0. The van der Waals surface area contributed by atoms with E-state index in [0.29, 0.717) is 0 Å². The molecule has 1 aliphatic rings. The van der Waals surface area contributed by atoms with Crippen molar-refractivity contribution < 1.29 is 37.9 Å². The number of nitrogens with zero attached hydrogens (tertiary/aromatic N) is 2. The van der Waals surface area contributed by atoms with E-state index in [4.69, 9.17) is 0 Å². The van der Waals surface area contributed by atoms with Gasteiger partial charge in [0.1, 0.15) is 38.3 Å². The first kappa shape index (κ1) is 27.8. The van der Waals surface area contributed by atoms with Gasteiger partial charge in [0.15, 0.2) is 13.1 Å². The van der Waals surface area contributed by atoms with Crippen molar-refractivity contribution in [3.05, 3.63) is 10.4 Å². The topological polar surface area (TPSA) is 157 Å². The van der Waals surface area contributed by atoms with E-state index in [1.165, 1.54) is 14.2 Å². The molecule has 0 aromatic rings. The molecular weight excluding hydrogens is 424 g/mol. The zero-order valence-corrected chi connectivity index (χ0v) is 19.7. The Morgan fingerprint density at radius 3 is 1.22 bits per heavy atom. The van der Waals surface area contributed by atoms with E-state index < -0.39 is 58.2 Å². The van der Waals surface area contributed by atoms with Crippen molar-refractivity contribution in [2.45, 2.75) is 39.8 Å². The molecule has 0 aromatic heterocycles. The first-order chi connectivity index (χ1) is 14.8. The molecule has 32 heavy (non-hydrogen) atoms. The van der Waals surface area contributed by atoms with Crippen LogP contribution in [0.15, 0.2) is 0 Å². The van der Waals surface area contributed by atoms with E-state index >= 15 is 0 Å². The first-order valence-corrected chi connectivity index (χ1v) is 10.6. The zero-order chi connectivity index (χ0) is 24.7. The SMILES string of the molecule is COC(=O)[C@@H](NC(=O)C[N+]1([O-])CC[N+]([O-])(CC(=O)N[C@H](C(=O)OC)C(C)C)CC1)C(C)C. The normalized spacial score (nSPS) is 25.1. The number of quaternary nitrogens is 2. The van der Waals surface area contributed by atoms with E-state index in [-0.39, 0.29) is 38.0 Å². The Morgan fingerprint density at radius 1 is 0.719 bits per heavy atom. The van der Waals surface area contributed by atoms with Crippen LogP contribution in [0.25, 0.3) is 0 Å². The third kappa shape index (κ3) is 8.01. The van der Waals surface area contributed by atoms with Crippen molar-refractivity contribution in [2.24, 2.45) is 11.8 Å². The van der Waals surface area contributed by atoms with Gasteiger partial charge in [-0.2, -0.15) is 0 Å². The highest BCUT2D eigenvalue weighted by atomic mass is 16.6. The van der Waals surface area contributed by atoms with Crippen molar-refractivity contribution in [1.82, 2.24) is 10.6 Å². The van der Waals surface area contributed by atoms with Crippen LogP contribution < -0.4 is 10.6 Å². The van der Waals surface area contributed by atoms with Gasteiger partial charge in [-0.1, -0.05) is 27.7 Å². The molecule has 0 spiro atoms. The van der Waals surface area contributed by atoms with Gasteiger partial charge in [0, 0.05) is 0 Å². The second-order valence-electron chi connectivity index (χ2n) is 8.95. The molecule has 2 amide bonds. The summed E-state index contributed by atoms with van der Waals surface area (Å²) in [7, 11) is 2.43. The van der Waals surface area contributed by atoms with Gasteiger partial charge in [0.2, 0.25) is 0 Å². The number of rotatable bonds is 10. The molecule has 0 unspecified atom stereocenters. The number of piperazine rings is 1. The van der Waals surface area contributed by atoms with Crippen LogP contribution in [0.4, 0.5) is 0 Å².